The highest BCUT2D eigenvalue weighted by Gasteiger charge is 2.20. The lowest BCUT2D eigenvalue weighted by atomic mass is 10.1. The number of ether oxygens (including phenoxy) is 1. The number of benzene rings is 1. The topological polar surface area (TPSA) is 68.5 Å². The van der Waals surface area contributed by atoms with Crippen molar-refractivity contribution in [3.8, 4) is 5.75 Å². The number of carbonyl (C=O) groups is 2. The summed E-state index contributed by atoms with van der Waals surface area (Å²) in [6.07, 6.45) is 21.0. The Bertz CT molecular complexity index is 957. The lowest BCUT2D eigenvalue weighted by Crippen LogP contribution is -2.12. The minimum absolute atomic E-state index is 0.0342. The molecule has 0 aliphatic rings. The molecule has 0 aliphatic carbocycles. The molecule has 1 N–H and O–H groups in total. The third-order valence-corrected chi connectivity index (χ3v) is 6.77. The molecule has 1 aromatic carbocycles. The van der Waals surface area contributed by atoms with Crippen LogP contribution in [0, 0.1) is 6.92 Å². The maximum atomic E-state index is 13.0. The molecule has 0 spiro atoms. The molecule has 5 nitrogen and oxygen atoms in total. The van der Waals surface area contributed by atoms with Crippen LogP contribution in [0.4, 0.5) is 0 Å². The van der Waals surface area contributed by atoms with E-state index in [4.69, 9.17) is 4.74 Å². The Morgan fingerprint density at radius 1 is 0.914 bits per heavy atom. The lowest BCUT2D eigenvalue weighted by molar-refractivity contribution is -0.136. The Hall–Kier alpha value is -2.56. The highest BCUT2D eigenvalue weighted by molar-refractivity contribution is 5.98. The van der Waals surface area contributed by atoms with Crippen molar-refractivity contribution in [1.29, 1.82) is 0 Å². The van der Waals surface area contributed by atoms with E-state index in [2.05, 4.69) is 19.1 Å². The van der Waals surface area contributed by atoms with Crippen LogP contribution in [0.25, 0.3) is 10.9 Å². The highest BCUT2D eigenvalue weighted by atomic mass is 16.5. The summed E-state index contributed by atoms with van der Waals surface area (Å²) in [5, 5.41) is 10.1. The van der Waals surface area contributed by atoms with E-state index in [1.165, 1.54) is 57.8 Å². The lowest BCUT2D eigenvalue weighted by Gasteiger charge is -2.08. The fourth-order valence-electron chi connectivity index (χ4n) is 4.74. The fourth-order valence-corrected chi connectivity index (χ4v) is 4.74. The number of aromatic nitrogens is 1. The molecule has 0 bridgehead atoms. The van der Waals surface area contributed by atoms with Crippen LogP contribution in [0.1, 0.15) is 113 Å². The Kier molecular flexibility index (Phi) is 13.3. The van der Waals surface area contributed by atoms with Gasteiger partial charge in [0.1, 0.15) is 5.75 Å². The number of hydrogen-bond acceptors (Lipinski definition) is 3. The first-order valence-electron chi connectivity index (χ1n) is 13.6. The van der Waals surface area contributed by atoms with E-state index in [0.717, 1.165) is 36.6 Å². The minimum atomic E-state index is -0.903. The van der Waals surface area contributed by atoms with Gasteiger partial charge in [-0.25, -0.2) is 0 Å². The quantitative estimate of drug-likeness (QED) is 0.171. The minimum Gasteiger partial charge on any atom is -0.497 e. The molecule has 0 fully saturated rings. The summed E-state index contributed by atoms with van der Waals surface area (Å²) in [6, 6.07) is 5.50. The molecule has 2 rings (SSSR count). The van der Waals surface area contributed by atoms with Crippen molar-refractivity contribution in [1.82, 2.24) is 4.57 Å². The van der Waals surface area contributed by atoms with Gasteiger partial charge in [-0.05, 0) is 62.8 Å². The predicted octanol–water partition coefficient (Wildman–Crippen LogP) is 8.26. The third-order valence-electron chi connectivity index (χ3n) is 6.77. The predicted molar refractivity (Wildman–Crippen MR) is 145 cm³/mol. The Morgan fingerprint density at radius 3 is 2.11 bits per heavy atom. The smallest absolute Gasteiger partial charge is 0.307 e. The van der Waals surface area contributed by atoms with Crippen molar-refractivity contribution in [2.24, 2.45) is 0 Å². The number of hydrogen-bond donors (Lipinski definition) is 1. The van der Waals surface area contributed by atoms with Gasteiger partial charge in [0.25, 0.3) is 0 Å². The van der Waals surface area contributed by atoms with Crippen LogP contribution < -0.4 is 4.74 Å². The highest BCUT2D eigenvalue weighted by Crippen LogP contribution is 2.30. The second kappa shape index (κ2) is 16.2. The van der Waals surface area contributed by atoms with Gasteiger partial charge in [-0.15, -0.1) is 0 Å². The van der Waals surface area contributed by atoms with Crippen molar-refractivity contribution < 1.29 is 19.4 Å². The van der Waals surface area contributed by atoms with Crippen LogP contribution in [-0.2, 0) is 11.2 Å². The van der Waals surface area contributed by atoms with E-state index in [1.807, 2.05) is 25.1 Å². The van der Waals surface area contributed by atoms with Crippen LogP contribution >= 0.6 is 0 Å². The number of aliphatic carboxylic acids is 1. The van der Waals surface area contributed by atoms with Gasteiger partial charge in [0.15, 0.2) is 0 Å². The SMILES string of the molecule is CCCCCCCCC=CCCCCCCCC(=O)n1c(C)c(CC(=O)O)c2cc(OC)ccc21. The summed E-state index contributed by atoms with van der Waals surface area (Å²) in [5.74, 6) is -0.211. The van der Waals surface area contributed by atoms with E-state index >= 15 is 0 Å². The molecule has 1 heterocycles. The molecule has 0 saturated carbocycles. The third kappa shape index (κ3) is 9.54. The summed E-state index contributed by atoms with van der Waals surface area (Å²) in [6.45, 7) is 4.09. The van der Waals surface area contributed by atoms with E-state index in [-0.39, 0.29) is 12.3 Å². The van der Waals surface area contributed by atoms with Gasteiger partial charge in [-0.2, -0.15) is 0 Å². The fraction of sp³-hybridized carbons (Fsp3) is 0.600. The first-order chi connectivity index (χ1) is 17.0. The van der Waals surface area contributed by atoms with Crippen molar-refractivity contribution in [3.63, 3.8) is 0 Å². The van der Waals surface area contributed by atoms with Gasteiger partial charge in [-0.3, -0.25) is 14.2 Å². The zero-order valence-corrected chi connectivity index (χ0v) is 22.1. The number of carboxylic acid groups (broad SMARTS) is 1. The molecule has 0 aliphatic heterocycles. The van der Waals surface area contributed by atoms with Crippen LogP contribution in [0.15, 0.2) is 30.4 Å². The van der Waals surface area contributed by atoms with Crippen molar-refractivity contribution >= 4 is 22.8 Å². The zero-order valence-electron chi connectivity index (χ0n) is 22.1. The number of carboxylic acids is 1. The largest absolute Gasteiger partial charge is 0.497 e. The summed E-state index contributed by atoms with van der Waals surface area (Å²) in [5.41, 5.74) is 2.16. The van der Waals surface area contributed by atoms with Crippen molar-refractivity contribution in [3.05, 3.63) is 41.6 Å². The number of carbonyl (C=O) groups excluding carboxylic acids is 1. The van der Waals surface area contributed by atoms with Crippen LogP contribution in [0.3, 0.4) is 0 Å². The number of rotatable bonds is 18. The number of unbranched alkanes of at least 4 members (excludes halogenated alkanes) is 11. The molecule has 2 aromatic rings. The molecule has 194 valence electrons. The number of fused-ring (bicyclic) bond motifs is 1. The van der Waals surface area contributed by atoms with Gasteiger partial charge < -0.3 is 9.84 Å². The normalized spacial score (nSPS) is 11.5. The van der Waals surface area contributed by atoms with E-state index in [9.17, 15) is 14.7 Å². The molecule has 5 heteroatoms. The molecule has 0 radical (unpaired) electrons. The average molecular weight is 484 g/mol. The van der Waals surface area contributed by atoms with Gasteiger partial charge in [0.05, 0.1) is 19.0 Å². The van der Waals surface area contributed by atoms with Gasteiger partial charge in [0.2, 0.25) is 5.91 Å². The van der Waals surface area contributed by atoms with Gasteiger partial charge >= 0.3 is 5.97 Å². The molecular formula is C30H45NO4. The van der Waals surface area contributed by atoms with E-state index in [1.54, 1.807) is 11.7 Å². The van der Waals surface area contributed by atoms with Crippen molar-refractivity contribution in [2.75, 3.05) is 7.11 Å². The molecule has 35 heavy (non-hydrogen) atoms. The van der Waals surface area contributed by atoms with E-state index < -0.39 is 5.97 Å². The summed E-state index contributed by atoms with van der Waals surface area (Å²) in [7, 11) is 1.58. The average Bonchev–Trinajstić information content (AvgIpc) is 3.11. The number of allylic oxidation sites excluding steroid dienone is 2. The second-order valence-electron chi connectivity index (χ2n) is 9.58. The molecule has 0 amide bonds. The first-order valence-corrected chi connectivity index (χ1v) is 13.6. The standard InChI is InChI=1S/C30H45NO4/c1-4-5-6-7-8-9-10-11-12-13-14-15-16-17-18-19-29(32)31-24(2)26(23-30(33)34)27-22-25(35-3)20-21-28(27)31/h11-12,20-22H,4-10,13-19,23H2,1-3H3,(H,33,34). The Labute approximate surface area is 211 Å². The van der Waals surface area contributed by atoms with Gasteiger partial charge in [-0.1, -0.05) is 70.4 Å². The van der Waals surface area contributed by atoms with Gasteiger partial charge in [0, 0.05) is 17.5 Å². The maximum absolute atomic E-state index is 13.0. The van der Waals surface area contributed by atoms with Crippen LogP contribution in [0.5, 0.6) is 5.75 Å². The van der Waals surface area contributed by atoms with Crippen LogP contribution in [0.2, 0.25) is 0 Å². The van der Waals surface area contributed by atoms with E-state index in [0.29, 0.717) is 23.4 Å². The summed E-state index contributed by atoms with van der Waals surface area (Å²) < 4.78 is 7.00. The number of nitrogens with zero attached hydrogens (tertiary/aromatic N) is 1. The van der Waals surface area contributed by atoms with Crippen molar-refractivity contribution in [2.45, 2.75) is 110 Å². The summed E-state index contributed by atoms with van der Waals surface area (Å²) in [4.78, 5) is 24.4. The molecule has 0 saturated heterocycles. The maximum Gasteiger partial charge on any atom is 0.307 e. The second-order valence-corrected chi connectivity index (χ2v) is 9.58. The Balaban J connectivity index is 1.71. The zero-order chi connectivity index (χ0) is 25.5. The number of methoxy groups -OCH3 is 1. The molecule has 1 aromatic heterocycles. The van der Waals surface area contributed by atoms with Crippen LogP contribution in [-0.4, -0.2) is 28.7 Å². The Morgan fingerprint density at radius 2 is 1.51 bits per heavy atom. The molecular weight excluding hydrogens is 438 g/mol. The summed E-state index contributed by atoms with van der Waals surface area (Å²) >= 11 is 0. The first kappa shape index (κ1) is 28.7. The monoisotopic (exact) mass is 483 g/mol. The molecule has 0 atom stereocenters. The molecule has 0 unspecified atom stereocenters.